The minimum absolute atomic E-state index is 0.0434. The molecule has 1 N–H and O–H groups in total. The fourth-order valence-corrected chi connectivity index (χ4v) is 6.49. The van der Waals surface area contributed by atoms with Crippen LogP contribution in [0.2, 0.25) is 0 Å². The molecule has 1 aliphatic carbocycles. The topological polar surface area (TPSA) is 79.8 Å². The van der Waals surface area contributed by atoms with E-state index in [1.54, 1.807) is 7.11 Å². The third kappa shape index (κ3) is 6.16. The van der Waals surface area contributed by atoms with E-state index in [9.17, 15) is 4.79 Å². The molecule has 2 aliphatic heterocycles. The Hall–Kier alpha value is -3.46. The Morgan fingerprint density at radius 1 is 1.10 bits per heavy atom. The molecule has 220 valence electrons. The average molecular weight is 588 g/mol. The number of carbonyl (C=O) groups excluding carboxylic acids is 1. The molecule has 2 fully saturated rings. The Kier molecular flexibility index (Phi) is 8.74. The highest BCUT2D eigenvalue weighted by Gasteiger charge is 2.29. The van der Waals surface area contributed by atoms with Gasteiger partial charge in [-0.05, 0) is 37.5 Å². The molecule has 2 saturated heterocycles. The first kappa shape index (κ1) is 28.6. The van der Waals surface area contributed by atoms with E-state index in [1.807, 2.05) is 47.4 Å². The number of allylic oxidation sites excluding steroid dienone is 1. The van der Waals surface area contributed by atoms with E-state index in [1.165, 1.54) is 0 Å². The van der Waals surface area contributed by atoms with Crippen molar-refractivity contribution >= 4 is 28.4 Å². The summed E-state index contributed by atoms with van der Waals surface area (Å²) >= 11 is 6.57. The zero-order valence-electron chi connectivity index (χ0n) is 24.3. The molecule has 0 radical (unpaired) electrons. The molecular formula is C33H38ClN5O3. The van der Waals surface area contributed by atoms with Crippen molar-refractivity contribution in [3.8, 4) is 5.75 Å². The standard InChI is InChI=1S/C33H38ClN5O3/c1-22(23-6-4-3-5-7-23)35-32-31-27(34)10-11-28(31)36-30(37-32)21-24-8-9-25(20-29(24)41-2)33(40)39-14-12-26(13-15-39)38-16-18-42-19-17-38/h3-10,20,22,26H,11-19,21H2,1-2H3,(H,35,36,37)/t22-/m0/s1. The van der Waals surface area contributed by atoms with E-state index < -0.39 is 0 Å². The molecule has 3 aromatic rings. The first-order valence-corrected chi connectivity index (χ1v) is 15.2. The van der Waals surface area contributed by atoms with Gasteiger partial charge in [0.05, 0.1) is 31.6 Å². The SMILES string of the molecule is COc1cc(C(=O)N2CCC(N3CCOCC3)CC2)ccc1Cc1nc2c(c(N[C@@H](C)c3ccccc3)n1)C(Cl)=CC2. The Bertz CT molecular complexity index is 1450. The van der Waals surface area contributed by atoms with Crippen molar-refractivity contribution in [1.82, 2.24) is 19.8 Å². The van der Waals surface area contributed by atoms with E-state index in [2.05, 4.69) is 29.3 Å². The number of morpholine rings is 1. The molecule has 0 bridgehead atoms. The quantitative estimate of drug-likeness (QED) is 0.382. The van der Waals surface area contributed by atoms with Gasteiger partial charge < -0.3 is 19.7 Å². The number of methoxy groups -OCH3 is 1. The number of hydrogen-bond acceptors (Lipinski definition) is 7. The van der Waals surface area contributed by atoms with Gasteiger partial charge in [0.1, 0.15) is 17.4 Å². The maximum absolute atomic E-state index is 13.4. The fourth-order valence-electron chi connectivity index (χ4n) is 6.21. The average Bonchev–Trinajstić information content (AvgIpc) is 3.42. The normalized spacial score (nSPS) is 18.4. The van der Waals surface area contributed by atoms with E-state index in [0.717, 1.165) is 80.4 Å². The zero-order chi connectivity index (χ0) is 29.1. The lowest BCUT2D eigenvalue weighted by Crippen LogP contribution is -2.50. The van der Waals surface area contributed by atoms with Crippen LogP contribution >= 0.6 is 11.6 Å². The minimum Gasteiger partial charge on any atom is -0.496 e. The van der Waals surface area contributed by atoms with Crippen LogP contribution in [-0.4, -0.2) is 78.2 Å². The largest absolute Gasteiger partial charge is 0.496 e. The Morgan fingerprint density at radius 2 is 1.86 bits per heavy atom. The number of piperidine rings is 1. The summed E-state index contributed by atoms with van der Waals surface area (Å²) in [5.41, 5.74) is 4.52. The number of aromatic nitrogens is 2. The van der Waals surface area contributed by atoms with Crippen molar-refractivity contribution in [3.63, 3.8) is 0 Å². The molecule has 0 unspecified atom stereocenters. The molecule has 3 aliphatic rings. The first-order valence-electron chi connectivity index (χ1n) is 14.9. The van der Waals surface area contributed by atoms with Crippen molar-refractivity contribution in [2.24, 2.45) is 0 Å². The summed E-state index contributed by atoms with van der Waals surface area (Å²) in [5.74, 6) is 2.13. The Labute approximate surface area is 252 Å². The minimum atomic E-state index is 0.0434. The van der Waals surface area contributed by atoms with Crippen molar-refractivity contribution in [2.45, 2.75) is 44.7 Å². The molecular weight excluding hydrogens is 550 g/mol. The van der Waals surface area contributed by atoms with Crippen LogP contribution in [0.25, 0.3) is 5.03 Å². The number of rotatable bonds is 8. The van der Waals surface area contributed by atoms with Gasteiger partial charge >= 0.3 is 0 Å². The van der Waals surface area contributed by atoms with Crippen molar-refractivity contribution in [2.75, 3.05) is 51.8 Å². The molecule has 6 rings (SSSR count). The van der Waals surface area contributed by atoms with Crippen LogP contribution in [0.15, 0.2) is 54.6 Å². The lowest BCUT2D eigenvalue weighted by molar-refractivity contribution is 0.00158. The molecule has 1 amide bonds. The van der Waals surface area contributed by atoms with Crippen molar-refractivity contribution < 1.29 is 14.3 Å². The summed E-state index contributed by atoms with van der Waals surface area (Å²) in [6.07, 6.45) is 5.12. The highest BCUT2D eigenvalue weighted by molar-refractivity contribution is 6.49. The van der Waals surface area contributed by atoms with Gasteiger partial charge in [0, 0.05) is 67.3 Å². The smallest absolute Gasteiger partial charge is 0.253 e. The predicted molar refractivity (Wildman–Crippen MR) is 165 cm³/mol. The molecule has 0 saturated carbocycles. The molecule has 1 aromatic heterocycles. The zero-order valence-corrected chi connectivity index (χ0v) is 25.1. The third-order valence-corrected chi connectivity index (χ3v) is 8.94. The summed E-state index contributed by atoms with van der Waals surface area (Å²) in [5, 5.41) is 4.24. The van der Waals surface area contributed by atoms with Crippen LogP contribution in [0.1, 0.15) is 64.4 Å². The van der Waals surface area contributed by atoms with Crippen LogP contribution < -0.4 is 10.1 Å². The summed E-state index contributed by atoms with van der Waals surface area (Å²) in [4.78, 5) is 27.7. The molecule has 42 heavy (non-hydrogen) atoms. The van der Waals surface area contributed by atoms with Crippen LogP contribution in [0.5, 0.6) is 5.75 Å². The molecule has 3 heterocycles. The van der Waals surface area contributed by atoms with Gasteiger partial charge in [-0.15, -0.1) is 0 Å². The van der Waals surface area contributed by atoms with Gasteiger partial charge in [0.15, 0.2) is 0 Å². The second kappa shape index (κ2) is 12.8. The number of halogens is 1. The maximum atomic E-state index is 13.4. The number of carbonyl (C=O) groups is 1. The van der Waals surface area contributed by atoms with Crippen LogP contribution in [0, 0.1) is 0 Å². The lowest BCUT2D eigenvalue weighted by atomic mass is 10.0. The summed E-state index contributed by atoms with van der Waals surface area (Å²) in [7, 11) is 1.64. The molecule has 9 heteroatoms. The molecule has 2 aromatic carbocycles. The fraction of sp³-hybridized carbons (Fsp3) is 0.424. The number of fused-ring (bicyclic) bond motifs is 1. The number of anilines is 1. The van der Waals surface area contributed by atoms with E-state index in [-0.39, 0.29) is 11.9 Å². The number of hydrogen-bond donors (Lipinski definition) is 1. The molecule has 8 nitrogen and oxygen atoms in total. The second-order valence-corrected chi connectivity index (χ2v) is 11.6. The van der Waals surface area contributed by atoms with Gasteiger partial charge in [0.2, 0.25) is 0 Å². The van der Waals surface area contributed by atoms with E-state index in [0.29, 0.717) is 41.1 Å². The molecule has 1 atom stereocenters. The number of amides is 1. The number of benzene rings is 2. The lowest BCUT2D eigenvalue weighted by Gasteiger charge is -2.40. The Balaban J connectivity index is 1.17. The van der Waals surface area contributed by atoms with E-state index >= 15 is 0 Å². The predicted octanol–water partition coefficient (Wildman–Crippen LogP) is 5.32. The number of ether oxygens (including phenoxy) is 2. The van der Waals surface area contributed by atoms with Crippen molar-refractivity contribution in [1.29, 1.82) is 0 Å². The summed E-state index contributed by atoms with van der Waals surface area (Å²) in [6.45, 7) is 7.22. The van der Waals surface area contributed by atoms with Crippen LogP contribution in [-0.2, 0) is 17.6 Å². The number of likely N-dealkylation sites (tertiary alicyclic amines) is 1. The van der Waals surface area contributed by atoms with Crippen LogP contribution in [0.4, 0.5) is 5.82 Å². The summed E-state index contributed by atoms with van der Waals surface area (Å²) in [6, 6.07) is 16.6. The monoisotopic (exact) mass is 587 g/mol. The number of nitrogens with zero attached hydrogens (tertiary/aromatic N) is 4. The first-order chi connectivity index (χ1) is 20.5. The Morgan fingerprint density at radius 3 is 2.60 bits per heavy atom. The highest BCUT2D eigenvalue weighted by atomic mass is 35.5. The van der Waals surface area contributed by atoms with Gasteiger partial charge in [-0.3, -0.25) is 9.69 Å². The molecule has 0 spiro atoms. The third-order valence-electron chi connectivity index (χ3n) is 8.59. The van der Waals surface area contributed by atoms with Gasteiger partial charge in [-0.2, -0.15) is 0 Å². The summed E-state index contributed by atoms with van der Waals surface area (Å²) < 4.78 is 11.3. The highest BCUT2D eigenvalue weighted by Crippen LogP contribution is 2.36. The van der Waals surface area contributed by atoms with Crippen LogP contribution in [0.3, 0.4) is 0 Å². The second-order valence-electron chi connectivity index (χ2n) is 11.2. The van der Waals surface area contributed by atoms with Crippen molar-refractivity contribution in [3.05, 3.63) is 88.4 Å². The van der Waals surface area contributed by atoms with Gasteiger partial charge in [-0.1, -0.05) is 54.1 Å². The number of nitrogens with one attached hydrogen (secondary N) is 1. The van der Waals surface area contributed by atoms with E-state index in [4.69, 9.17) is 31.0 Å². The van der Waals surface area contributed by atoms with Gasteiger partial charge in [-0.25, -0.2) is 9.97 Å². The van der Waals surface area contributed by atoms with Gasteiger partial charge in [0.25, 0.3) is 5.91 Å². The maximum Gasteiger partial charge on any atom is 0.253 e.